The molecule has 3 rings (SSSR count). The van der Waals surface area contributed by atoms with Crippen LogP contribution in [-0.4, -0.2) is 25.4 Å². The van der Waals surface area contributed by atoms with Crippen molar-refractivity contribution in [2.24, 2.45) is 4.99 Å². The number of methoxy groups -OCH3 is 2. The number of fused-ring (bicyclic) bond motifs is 1. The zero-order valence-electron chi connectivity index (χ0n) is 12.0. The highest BCUT2D eigenvalue weighted by Crippen LogP contribution is 2.27. The highest BCUT2D eigenvalue weighted by Gasteiger charge is 2.03. The number of aliphatic imine (C=N–C) groups is 1. The fourth-order valence-corrected chi connectivity index (χ4v) is 2.20. The van der Waals surface area contributed by atoms with Crippen LogP contribution in [0.4, 0.5) is 5.69 Å². The van der Waals surface area contributed by atoms with E-state index in [4.69, 9.17) is 9.47 Å². The van der Waals surface area contributed by atoms with Gasteiger partial charge in [-0.15, -0.1) is 0 Å². The standard InChI is InChI=1S/C17H16N2O2/c1-20-16-6-3-12(9-17(16)21-2)11-19-14-5-4-13-7-8-18-15(13)10-14/h3-11,18H,1-2H3. The Hall–Kier alpha value is -2.75. The molecule has 0 saturated carbocycles. The maximum atomic E-state index is 5.28. The van der Waals surface area contributed by atoms with Crippen LogP contribution < -0.4 is 9.47 Å². The first kappa shape index (κ1) is 13.2. The molecule has 0 unspecified atom stereocenters. The zero-order chi connectivity index (χ0) is 14.7. The number of rotatable bonds is 4. The second kappa shape index (κ2) is 5.71. The van der Waals surface area contributed by atoms with Gasteiger partial charge < -0.3 is 14.5 Å². The van der Waals surface area contributed by atoms with Gasteiger partial charge in [-0.25, -0.2) is 0 Å². The lowest BCUT2D eigenvalue weighted by atomic mass is 10.2. The molecule has 106 valence electrons. The molecule has 4 nitrogen and oxygen atoms in total. The van der Waals surface area contributed by atoms with Crippen molar-refractivity contribution in [2.75, 3.05) is 14.2 Å². The van der Waals surface area contributed by atoms with Gasteiger partial charge in [-0.2, -0.15) is 0 Å². The summed E-state index contributed by atoms with van der Waals surface area (Å²) in [4.78, 5) is 7.68. The molecule has 0 aliphatic heterocycles. The number of aromatic nitrogens is 1. The Kier molecular flexibility index (Phi) is 3.60. The lowest BCUT2D eigenvalue weighted by Crippen LogP contribution is -1.91. The first-order valence-electron chi connectivity index (χ1n) is 6.63. The van der Waals surface area contributed by atoms with Crippen LogP contribution >= 0.6 is 0 Å². The van der Waals surface area contributed by atoms with Crippen LogP contribution in [0.2, 0.25) is 0 Å². The Balaban J connectivity index is 1.87. The first-order chi connectivity index (χ1) is 10.3. The van der Waals surface area contributed by atoms with Crippen molar-refractivity contribution in [1.82, 2.24) is 4.98 Å². The number of aromatic amines is 1. The predicted molar refractivity (Wildman–Crippen MR) is 85.1 cm³/mol. The Labute approximate surface area is 123 Å². The second-order valence-electron chi connectivity index (χ2n) is 4.62. The van der Waals surface area contributed by atoms with E-state index in [0.29, 0.717) is 11.5 Å². The lowest BCUT2D eigenvalue weighted by molar-refractivity contribution is 0.355. The molecule has 0 aliphatic carbocycles. The number of H-pyrrole nitrogens is 1. The number of ether oxygens (including phenoxy) is 2. The summed E-state index contributed by atoms with van der Waals surface area (Å²) in [6, 6.07) is 13.8. The van der Waals surface area contributed by atoms with Gasteiger partial charge in [0, 0.05) is 17.9 Å². The van der Waals surface area contributed by atoms with Crippen molar-refractivity contribution < 1.29 is 9.47 Å². The monoisotopic (exact) mass is 280 g/mol. The first-order valence-corrected chi connectivity index (χ1v) is 6.63. The molecular weight excluding hydrogens is 264 g/mol. The maximum Gasteiger partial charge on any atom is 0.161 e. The molecule has 0 amide bonds. The van der Waals surface area contributed by atoms with Crippen molar-refractivity contribution in [2.45, 2.75) is 0 Å². The van der Waals surface area contributed by atoms with Crippen LogP contribution in [0.25, 0.3) is 10.9 Å². The summed E-state index contributed by atoms with van der Waals surface area (Å²) in [5.74, 6) is 1.41. The Morgan fingerprint density at radius 3 is 2.62 bits per heavy atom. The summed E-state index contributed by atoms with van der Waals surface area (Å²) in [5, 5.41) is 1.18. The molecular formula is C17H16N2O2. The number of hydrogen-bond acceptors (Lipinski definition) is 3. The van der Waals surface area contributed by atoms with Crippen molar-refractivity contribution >= 4 is 22.8 Å². The Bertz CT molecular complexity index is 790. The van der Waals surface area contributed by atoms with Gasteiger partial charge >= 0.3 is 0 Å². The van der Waals surface area contributed by atoms with Crippen LogP contribution in [0.3, 0.4) is 0 Å². The summed E-state index contributed by atoms with van der Waals surface area (Å²) in [6.07, 6.45) is 3.73. The van der Waals surface area contributed by atoms with Crippen molar-refractivity contribution in [3.8, 4) is 11.5 Å². The molecule has 0 bridgehead atoms. The third-order valence-corrected chi connectivity index (χ3v) is 3.31. The van der Waals surface area contributed by atoms with Crippen LogP contribution in [0, 0.1) is 0 Å². The number of benzene rings is 2. The van der Waals surface area contributed by atoms with Gasteiger partial charge in [0.25, 0.3) is 0 Å². The summed E-state index contributed by atoms with van der Waals surface area (Å²) < 4.78 is 10.5. The highest BCUT2D eigenvalue weighted by atomic mass is 16.5. The van der Waals surface area contributed by atoms with Crippen molar-refractivity contribution in [3.05, 3.63) is 54.2 Å². The normalized spacial score (nSPS) is 11.1. The van der Waals surface area contributed by atoms with Gasteiger partial charge in [0.1, 0.15) is 0 Å². The van der Waals surface area contributed by atoms with E-state index in [2.05, 4.69) is 9.98 Å². The van der Waals surface area contributed by atoms with E-state index < -0.39 is 0 Å². The second-order valence-corrected chi connectivity index (χ2v) is 4.62. The minimum absolute atomic E-state index is 0.696. The van der Waals surface area contributed by atoms with E-state index in [1.165, 1.54) is 5.39 Å². The molecule has 1 aromatic heterocycles. The smallest absolute Gasteiger partial charge is 0.161 e. The van der Waals surface area contributed by atoms with Gasteiger partial charge in [-0.05, 0) is 47.3 Å². The Morgan fingerprint density at radius 1 is 0.952 bits per heavy atom. The molecule has 0 aliphatic rings. The molecule has 21 heavy (non-hydrogen) atoms. The van der Waals surface area contributed by atoms with Gasteiger partial charge in [0.05, 0.1) is 19.9 Å². The van der Waals surface area contributed by atoms with E-state index in [0.717, 1.165) is 16.8 Å². The molecule has 2 aromatic carbocycles. The minimum Gasteiger partial charge on any atom is -0.493 e. The van der Waals surface area contributed by atoms with Gasteiger partial charge in [0.2, 0.25) is 0 Å². The molecule has 4 heteroatoms. The van der Waals surface area contributed by atoms with E-state index >= 15 is 0 Å². The molecule has 0 atom stereocenters. The fraction of sp³-hybridized carbons (Fsp3) is 0.118. The third-order valence-electron chi connectivity index (χ3n) is 3.31. The van der Waals surface area contributed by atoms with E-state index in [-0.39, 0.29) is 0 Å². The van der Waals surface area contributed by atoms with E-state index in [9.17, 15) is 0 Å². The van der Waals surface area contributed by atoms with Crippen molar-refractivity contribution in [1.29, 1.82) is 0 Å². The molecule has 1 heterocycles. The number of hydrogen-bond donors (Lipinski definition) is 1. The molecule has 0 radical (unpaired) electrons. The summed E-state index contributed by atoms with van der Waals surface area (Å²) in [5.41, 5.74) is 2.94. The molecule has 0 saturated heterocycles. The van der Waals surface area contributed by atoms with Crippen LogP contribution in [0.15, 0.2) is 53.7 Å². The average Bonchev–Trinajstić information content (AvgIpc) is 3.00. The molecule has 1 N–H and O–H groups in total. The highest BCUT2D eigenvalue weighted by molar-refractivity contribution is 5.86. The van der Waals surface area contributed by atoms with Gasteiger partial charge in [-0.1, -0.05) is 6.07 Å². The Morgan fingerprint density at radius 2 is 1.81 bits per heavy atom. The molecule has 0 fully saturated rings. The summed E-state index contributed by atoms with van der Waals surface area (Å²) in [7, 11) is 3.25. The number of nitrogens with one attached hydrogen (secondary N) is 1. The molecule has 3 aromatic rings. The fourth-order valence-electron chi connectivity index (χ4n) is 2.20. The minimum atomic E-state index is 0.696. The predicted octanol–water partition coefficient (Wildman–Crippen LogP) is 3.94. The maximum absolute atomic E-state index is 5.28. The topological polar surface area (TPSA) is 46.6 Å². The summed E-state index contributed by atoms with van der Waals surface area (Å²) in [6.45, 7) is 0. The average molecular weight is 280 g/mol. The summed E-state index contributed by atoms with van der Waals surface area (Å²) >= 11 is 0. The van der Waals surface area contributed by atoms with Gasteiger partial charge in [-0.3, -0.25) is 4.99 Å². The van der Waals surface area contributed by atoms with Crippen LogP contribution in [-0.2, 0) is 0 Å². The van der Waals surface area contributed by atoms with E-state index in [1.54, 1.807) is 14.2 Å². The van der Waals surface area contributed by atoms with Crippen LogP contribution in [0.1, 0.15) is 5.56 Å². The third kappa shape index (κ3) is 2.74. The lowest BCUT2D eigenvalue weighted by Gasteiger charge is -2.07. The van der Waals surface area contributed by atoms with Crippen LogP contribution in [0.5, 0.6) is 11.5 Å². The largest absolute Gasteiger partial charge is 0.493 e. The SMILES string of the molecule is COc1ccc(C=Nc2ccc3cc[nH]c3c2)cc1OC. The van der Waals surface area contributed by atoms with Crippen molar-refractivity contribution in [3.63, 3.8) is 0 Å². The quantitative estimate of drug-likeness (QED) is 0.736. The number of nitrogens with zero attached hydrogens (tertiary/aromatic N) is 1. The van der Waals surface area contributed by atoms with Gasteiger partial charge in [0.15, 0.2) is 11.5 Å². The zero-order valence-corrected chi connectivity index (χ0v) is 12.0. The van der Waals surface area contributed by atoms with E-state index in [1.807, 2.05) is 54.9 Å². The molecule has 0 spiro atoms.